The molecule has 7 atom stereocenters. The molecule has 4 fully saturated rings. The second-order valence-electron chi connectivity index (χ2n) is 11.6. The lowest BCUT2D eigenvalue weighted by Crippen LogP contribution is -2.52. The zero-order valence-corrected chi connectivity index (χ0v) is 19.6. The molecule has 0 heterocycles. The van der Waals surface area contributed by atoms with Crippen LogP contribution in [0.25, 0.3) is 0 Å². The lowest BCUT2D eigenvalue weighted by molar-refractivity contribution is -0.111. The summed E-state index contributed by atoms with van der Waals surface area (Å²) in [5.74, 6) is 5.29. The molecule has 4 saturated carbocycles. The minimum Gasteiger partial charge on any atom is -0.103 e. The Balaban J connectivity index is 0.000000516. The molecule has 0 heteroatoms. The van der Waals surface area contributed by atoms with Crippen molar-refractivity contribution in [2.75, 3.05) is 0 Å². The van der Waals surface area contributed by atoms with Gasteiger partial charge in [-0.25, -0.2) is 0 Å². The van der Waals surface area contributed by atoms with Gasteiger partial charge in [0.05, 0.1) is 0 Å². The third-order valence-corrected chi connectivity index (χ3v) is 9.74. The standard InChI is InChI=1S/C24H40.C4H8/c1-4-5-6-9-19-12-14-21-20-13-11-18-10-7-8-16-23(18,2)22(20)15-17-24(19,21)3;1-4(2)3/h4,18-22H,1,5-17H2,2-3H3;1H2,2-3H3. The van der Waals surface area contributed by atoms with Crippen LogP contribution in [0.5, 0.6) is 0 Å². The quantitative estimate of drug-likeness (QED) is 0.335. The maximum Gasteiger partial charge on any atom is -0.0266 e. The van der Waals surface area contributed by atoms with Crippen molar-refractivity contribution in [3.8, 4) is 0 Å². The van der Waals surface area contributed by atoms with E-state index in [1.165, 1.54) is 44.1 Å². The second-order valence-corrected chi connectivity index (χ2v) is 11.6. The largest absolute Gasteiger partial charge is 0.103 e. The van der Waals surface area contributed by atoms with Gasteiger partial charge in [-0.05, 0) is 125 Å². The molecule has 0 spiro atoms. The second kappa shape index (κ2) is 9.09. The smallest absolute Gasteiger partial charge is 0.0266 e. The Morgan fingerprint density at radius 1 is 0.893 bits per heavy atom. The SMILES string of the molecule is C=C(C)C.C=CCCCC1CCC2C3CCC4CCCCC4(C)C3CCC12C. The lowest BCUT2D eigenvalue weighted by Gasteiger charge is -2.60. The molecule has 0 bridgehead atoms. The van der Waals surface area contributed by atoms with E-state index in [-0.39, 0.29) is 0 Å². The zero-order valence-electron chi connectivity index (χ0n) is 19.6. The highest BCUT2D eigenvalue weighted by Crippen LogP contribution is 2.67. The first kappa shape index (κ1) is 22.2. The fourth-order valence-electron chi connectivity index (χ4n) is 8.39. The van der Waals surface area contributed by atoms with Crippen LogP contribution in [0.4, 0.5) is 0 Å². The highest BCUT2D eigenvalue weighted by Gasteiger charge is 2.59. The molecule has 28 heavy (non-hydrogen) atoms. The van der Waals surface area contributed by atoms with E-state index in [1.54, 1.807) is 44.9 Å². The molecule has 7 unspecified atom stereocenters. The van der Waals surface area contributed by atoms with Gasteiger partial charge in [0.1, 0.15) is 0 Å². The first-order valence-electron chi connectivity index (χ1n) is 12.6. The molecule has 0 saturated heterocycles. The molecular weight excluding hydrogens is 336 g/mol. The molecular formula is C28H48. The predicted molar refractivity (Wildman–Crippen MR) is 124 cm³/mol. The highest BCUT2D eigenvalue weighted by molar-refractivity contribution is 5.08. The Morgan fingerprint density at radius 2 is 1.61 bits per heavy atom. The molecule has 0 nitrogen and oxygen atoms in total. The van der Waals surface area contributed by atoms with Gasteiger partial charge in [0.15, 0.2) is 0 Å². The van der Waals surface area contributed by atoms with Gasteiger partial charge in [0, 0.05) is 0 Å². The summed E-state index contributed by atoms with van der Waals surface area (Å²) < 4.78 is 0. The van der Waals surface area contributed by atoms with Crippen LogP contribution in [0.1, 0.15) is 111 Å². The van der Waals surface area contributed by atoms with Crippen molar-refractivity contribution in [2.45, 2.75) is 111 Å². The average molecular weight is 385 g/mol. The maximum atomic E-state index is 3.92. The third kappa shape index (κ3) is 4.17. The van der Waals surface area contributed by atoms with Crippen molar-refractivity contribution in [3.63, 3.8) is 0 Å². The molecule has 0 aromatic heterocycles. The summed E-state index contributed by atoms with van der Waals surface area (Å²) in [4.78, 5) is 0. The van der Waals surface area contributed by atoms with Crippen molar-refractivity contribution in [1.29, 1.82) is 0 Å². The van der Waals surface area contributed by atoms with E-state index in [9.17, 15) is 0 Å². The number of unbranched alkanes of at least 4 members (excludes halogenated alkanes) is 1. The fraction of sp³-hybridized carbons (Fsp3) is 0.857. The predicted octanol–water partition coefficient (Wildman–Crippen LogP) is 8.97. The molecule has 0 radical (unpaired) electrons. The van der Waals surface area contributed by atoms with Gasteiger partial charge in [0.25, 0.3) is 0 Å². The summed E-state index contributed by atoms with van der Waals surface area (Å²) in [6, 6.07) is 0. The van der Waals surface area contributed by atoms with Gasteiger partial charge < -0.3 is 0 Å². The molecule has 4 aliphatic carbocycles. The van der Waals surface area contributed by atoms with E-state index < -0.39 is 0 Å². The first-order chi connectivity index (χ1) is 13.3. The topological polar surface area (TPSA) is 0 Å². The number of hydrogen-bond acceptors (Lipinski definition) is 0. The number of allylic oxidation sites excluding steroid dienone is 2. The molecule has 4 aliphatic rings. The maximum absolute atomic E-state index is 3.92. The zero-order chi connectivity index (χ0) is 20.4. The molecule has 0 N–H and O–H groups in total. The summed E-state index contributed by atoms with van der Waals surface area (Å²) in [5.41, 5.74) is 2.56. The Kier molecular flexibility index (Phi) is 7.20. The molecule has 0 aromatic rings. The van der Waals surface area contributed by atoms with Gasteiger partial charge in [-0.2, -0.15) is 0 Å². The monoisotopic (exact) mass is 384 g/mol. The van der Waals surface area contributed by atoms with Gasteiger partial charge >= 0.3 is 0 Å². The van der Waals surface area contributed by atoms with Gasteiger partial charge in [-0.1, -0.05) is 38.3 Å². The van der Waals surface area contributed by atoms with E-state index >= 15 is 0 Å². The highest BCUT2D eigenvalue weighted by atomic mass is 14.6. The van der Waals surface area contributed by atoms with Crippen LogP contribution in [0.15, 0.2) is 24.8 Å². The molecule has 0 aliphatic heterocycles. The Labute approximate surface area is 176 Å². The third-order valence-electron chi connectivity index (χ3n) is 9.74. The Hall–Kier alpha value is -0.520. The summed E-state index contributed by atoms with van der Waals surface area (Å²) in [6.45, 7) is 16.8. The molecule has 4 rings (SSSR count). The van der Waals surface area contributed by atoms with Crippen LogP contribution < -0.4 is 0 Å². The first-order valence-corrected chi connectivity index (χ1v) is 12.6. The van der Waals surface area contributed by atoms with E-state index in [4.69, 9.17) is 0 Å². The molecule has 0 aromatic carbocycles. The Bertz CT molecular complexity index is 540. The summed E-state index contributed by atoms with van der Waals surface area (Å²) >= 11 is 0. The lowest BCUT2D eigenvalue weighted by atomic mass is 9.45. The van der Waals surface area contributed by atoms with E-state index in [0.29, 0.717) is 10.8 Å². The van der Waals surface area contributed by atoms with Crippen molar-refractivity contribution >= 4 is 0 Å². The molecule has 160 valence electrons. The van der Waals surface area contributed by atoms with Crippen LogP contribution in [0.3, 0.4) is 0 Å². The van der Waals surface area contributed by atoms with Gasteiger partial charge in [-0.3, -0.25) is 0 Å². The summed E-state index contributed by atoms with van der Waals surface area (Å²) in [7, 11) is 0. The average Bonchev–Trinajstić information content (AvgIpc) is 2.98. The van der Waals surface area contributed by atoms with E-state index in [0.717, 1.165) is 29.6 Å². The summed E-state index contributed by atoms with van der Waals surface area (Å²) in [5, 5.41) is 0. The van der Waals surface area contributed by atoms with Crippen molar-refractivity contribution in [3.05, 3.63) is 24.8 Å². The van der Waals surface area contributed by atoms with Crippen LogP contribution >= 0.6 is 0 Å². The van der Waals surface area contributed by atoms with E-state index in [2.05, 4.69) is 33.1 Å². The van der Waals surface area contributed by atoms with Crippen LogP contribution in [-0.4, -0.2) is 0 Å². The minimum atomic E-state index is 0.681. The van der Waals surface area contributed by atoms with E-state index in [1.807, 2.05) is 13.8 Å². The normalized spacial score (nSPS) is 44.4. The Morgan fingerprint density at radius 3 is 2.32 bits per heavy atom. The van der Waals surface area contributed by atoms with Crippen LogP contribution in [-0.2, 0) is 0 Å². The van der Waals surface area contributed by atoms with Crippen LogP contribution in [0.2, 0.25) is 0 Å². The van der Waals surface area contributed by atoms with Gasteiger partial charge in [-0.15, -0.1) is 13.2 Å². The summed E-state index contributed by atoms with van der Waals surface area (Å²) in [6.07, 6.45) is 21.6. The van der Waals surface area contributed by atoms with Crippen molar-refractivity contribution in [2.24, 2.45) is 40.4 Å². The molecule has 0 amide bonds. The number of rotatable bonds is 4. The number of hydrogen-bond donors (Lipinski definition) is 0. The van der Waals surface area contributed by atoms with Crippen LogP contribution in [0, 0.1) is 40.4 Å². The van der Waals surface area contributed by atoms with Gasteiger partial charge in [0.2, 0.25) is 0 Å². The minimum absolute atomic E-state index is 0.681. The van der Waals surface area contributed by atoms with Crippen molar-refractivity contribution < 1.29 is 0 Å². The van der Waals surface area contributed by atoms with Crippen molar-refractivity contribution in [1.82, 2.24) is 0 Å². The number of fused-ring (bicyclic) bond motifs is 5. The fourth-order valence-corrected chi connectivity index (χ4v) is 8.39.